The molecule has 1 aliphatic heterocycles. The molecule has 6 heteroatoms. The highest BCUT2D eigenvalue weighted by Crippen LogP contribution is 2.16. The third kappa shape index (κ3) is 3.67. The van der Waals surface area contributed by atoms with E-state index >= 15 is 0 Å². The number of aromatic nitrogens is 2. The first-order valence-electron chi connectivity index (χ1n) is 7.31. The first-order chi connectivity index (χ1) is 10.2. The van der Waals surface area contributed by atoms with E-state index in [-0.39, 0.29) is 24.2 Å². The molecule has 0 saturated carbocycles. The summed E-state index contributed by atoms with van der Waals surface area (Å²) in [6.07, 6.45) is 3.66. The van der Waals surface area contributed by atoms with Crippen molar-refractivity contribution in [3.63, 3.8) is 0 Å². The van der Waals surface area contributed by atoms with Crippen LogP contribution in [0, 0.1) is 11.8 Å². The van der Waals surface area contributed by atoms with Crippen LogP contribution in [0.5, 0.6) is 0 Å². The molecule has 1 amide bonds. The third-order valence-corrected chi connectivity index (χ3v) is 4.11. The molecule has 0 aliphatic carbocycles. The summed E-state index contributed by atoms with van der Waals surface area (Å²) >= 11 is 0. The number of hydrogen-bond acceptors (Lipinski definition) is 3. The van der Waals surface area contributed by atoms with Crippen molar-refractivity contribution in [2.45, 2.75) is 13.5 Å². The fraction of sp³-hybridized carbons (Fsp3) is 0.375. The van der Waals surface area contributed by atoms with Crippen molar-refractivity contribution in [1.82, 2.24) is 20.4 Å². The van der Waals surface area contributed by atoms with Gasteiger partial charge in [0.1, 0.15) is 0 Å². The van der Waals surface area contributed by atoms with Crippen molar-refractivity contribution in [3.05, 3.63) is 48.3 Å². The molecule has 1 atom stereocenters. The van der Waals surface area contributed by atoms with Crippen molar-refractivity contribution in [2.75, 3.05) is 13.1 Å². The molecule has 2 aromatic rings. The predicted molar refractivity (Wildman–Crippen MR) is 88.2 cm³/mol. The van der Waals surface area contributed by atoms with Crippen molar-refractivity contribution >= 4 is 18.3 Å². The number of carbonyl (C=O) groups excluding carboxylic acids is 1. The molecular weight excluding hydrogens is 300 g/mol. The van der Waals surface area contributed by atoms with Crippen molar-refractivity contribution in [1.29, 1.82) is 0 Å². The van der Waals surface area contributed by atoms with Crippen LogP contribution in [0.3, 0.4) is 0 Å². The number of halogens is 1. The van der Waals surface area contributed by atoms with Crippen LogP contribution in [0.15, 0.2) is 42.7 Å². The first kappa shape index (κ1) is 16.5. The van der Waals surface area contributed by atoms with Gasteiger partial charge in [0, 0.05) is 24.9 Å². The molecule has 0 bridgehead atoms. The molecule has 118 valence electrons. The minimum Gasteiger partial charge on any atom is -0.352 e. The van der Waals surface area contributed by atoms with Gasteiger partial charge in [-0.25, -0.2) is 4.68 Å². The van der Waals surface area contributed by atoms with E-state index in [2.05, 4.69) is 15.7 Å². The van der Waals surface area contributed by atoms with Gasteiger partial charge in [-0.2, -0.15) is 5.10 Å². The Hall–Kier alpha value is -1.85. The lowest BCUT2D eigenvalue weighted by Gasteiger charge is -2.31. The second-order valence-electron chi connectivity index (χ2n) is 5.54. The number of carbonyl (C=O) groups is 1. The monoisotopic (exact) mass is 320 g/mol. The second kappa shape index (κ2) is 7.42. The Morgan fingerprint density at radius 3 is 2.68 bits per heavy atom. The normalized spacial score (nSPS) is 15.5. The molecule has 1 aromatic carbocycles. The quantitative estimate of drug-likeness (QED) is 0.882. The largest absolute Gasteiger partial charge is 0.352 e. The van der Waals surface area contributed by atoms with Gasteiger partial charge in [0.25, 0.3) is 0 Å². The summed E-state index contributed by atoms with van der Waals surface area (Å²) in [6, 6.07) is 9.95. The van der Waals surface area contributed by atoms with Crippen molar-refractivity contribution in [3.8, 4) is 5.69 Å². The van der Waals surface area contributed by atoms with Gasteiger partial charge in [-0.3, -0.25) is 4.79 Å². The Bertz CT molecular complexity index is 593. The topological polar surface area (TPSA) is 59.0 Å². The minimum atomic E-state index is 0. The van der Waals surface area contributed by atoms with Crippen LogP contribution < -0.4 is 10.6 Å². The Morgan fingerprint density at radius 1 is 1.41 bits per heavy atom. The summed E-state index contributed by atoms with van der Waals surface area (Å²) in [7, 11) is 0. The third-order valence-electron chi connectivity index (χ3n) is 4.11. The van der Waals surface area contributed by atoms with Gasteiger partial charge in [-0.15, -0.1) is 12.4 Å². The summed E-state index contributed by atoms with van der Waals surface area (Å²) in [5.74, 6) is 0.694. The lowest BCUT2D eigenvalue weighted by atomic mass is 9.88. The van der Waals surface area contributed by atoms with Crippen LogP contribution in [0.2, 0.25) is 0 Å². The van der Waals surface area contributed by atoms with E-state index in [1.165, 1.54) is 0 Å². The summed E-state index contributed by atoms with van der Waals surface area (Å²) in [5.41, 5.74) is 2.11. The summed E-state index contributed by atoms with van der Waals surface area (Å²) < 4.78 is 1.81. The molecule has 1 aliphatic rings. The highest BCUT2D eigenvalue weighted by atomic mass is 35.5. The molecule has 2 heterocycles. The van der Waals surface area contributed by atoms with Gasteiger partial charge in [-0.05, 0) is 42.8 Å². The van der Waals surface area contributed by atoms with E-state index in [9.17, 15) is 4.79 Å². The Morgan fingerprint density at radius 2 is 2.14 bits per heavy atom. The zero-order valence-electron chi connectivity index (χ0n) is 12.5. The zero-order chi connectivity index (χ0) is 14.7. The Labute approximate surface area is 136 Å². The number of nitrogens with zero attached hydrogens (tertiary/aromatic N) is 2. The van der Waals surface area contributed by atoms with Gasteiger partial charge >= 0.3 is 0 Å². The molecule has 1 fully saturated rings. The average Bonchev–Trinajstić information content (AvgIpc) is 2.97. The maximum atomic E-state index is 12.1. The van der Waals surface area contributed by atoms with Gasteiger partial charge in [0.05, 0.1) is 5.69 Å². The number of nitrogens with one attached hydrogen (secondary N) is 2. The average molecular weight is 321 g/mol. The fourth-order valence-electron chi connectivity index (χ4n) is 2.42. The fourth-order valence-corrected chi connectivity index (χ4v) is 2.42. The summed E-state index contributed by atoms with van der Waals surface area (Å²) in [4.78, 5) is 12.1. The molecule has 2 N–H and O–H groups in total. The number of benzene rings is 1. The van der Waals surface area contributed by atoms with E-state index in [1.54, 1.807) is 6.20 Å². The van der Waals surface area contributed by atoms with Crippen LogP contribution in [-0.2, 0) is 11.3 Å². The smallest absolute Gasteiger partial charge is 0.223 e. The number of hydrogen-bond donors (Lipinski definition) is 2. The standard InChI is InChI=1S/C16H20N4O.ClH/c1-12(14-10-17-11-14)16(21)18-9-13-3-5-15(6-4-13)20-8-2-7-19-20;/h2-8,12,14,17H,9-11H2,1H3,(H,18,21);1H. The van der Waals surface area contributed by atoms with E-state index < -0.39 is 0 Å². The van der Waals surface area contributed by atoms with E-state index in [1.807, 2.05) is 48.1 Å². The van der Waals surface area contributed by atoms with E-state index in [4.69, 9.17) is 0 Å². The first-order valence-corrected chi connectivity index (χ1v) is 7.31. The molecule has 0 spiro atoms. The van der Waals surface area contributed by atoms with Crippen LogP contribution in [0.1, 0.15) is 12.5 Å². The lowest BCUT2D eigenvalue weighted by Crippen LogP contribution is -2.49. The van der Waals surface area contributed by atoms with Gasteiger partial charge in [-0.1, -0.05) is 19.1 Å². The molecule has 0 radical (unpaired) electrons. The van der Waals surface area contributed by atoms with E-state index in [0.717, 1.165) is 24.3 Å². The SMILES string of the molecule is CC(C(=O)NCc1ccc(-n2cccn2)cc1)C1CNC1.Cl. The Kier molecular flexibility index (Phi) is 5.57. The molecule has 3 rings (SSSR count). The van der Waals surface area contributed by atoms with Crippen LogP contribution in [0.4, 0.5) is 0 Å². The van der Waals surface area contributed by atoms with Crippen molar-refractivity contribution in [2.24, 2.45) is 11.8 Å². The molecule has 22 heavy (non-hydrogen) atoms. The van der Waals surface area contributed by atoms with Crippen LogP contribution in [0.25, 0.3) is 5.69 Å². The Balaban J connectivity index is 0.00000176. The molecule has 1 unspecified atom stereocenters. The van der Waals surface area contributed by atoms with Gasteiger partial charge in [0.2, 0.25) is 5.91 Å². The van der Waals surface area contributed by atoms with Gasteiger partial charge in [0.15, 0.2) is 0 Å². The predicted octanol–water partition coefficient (Wildman–Crippen LogP) is 1.77. The van der Waals surface area contributed by atoms with Crippen LogP contribution >= 0.6 is 12.4 Å². The highest BCUT2D eigenvalue weighted by Gasteiger charge is 2.28. The minimum absolute atomic E-state index is 0. The van der Waals surface area contributed by atoms with Crippen LogP contribution in [-0.4, -0.2) is 28.8 Å². The highest BCUT2D eigenvalue weighted by molar-refractivity contribution is 5.85. The number of amides is 1. The lowest BCUT2D eigenvalue weighted by molar-refractivity contribution is -0.126. The number of rotatable bonds is 5. The van der Waals surface area contributed by atoms with Crippen molar-refractivity contribution < 1.29 is 4.79 Å². The van der Waals surface area contributed by atoms with E-state index in [0.29, 0.717) is 12.5 Å². The summed E-state index contributed by atoms with van der Waals surface area (Å²) in [5, 5.41) is 10.4. The molecule has 5 nitrogen and oxygen atoms in total. The zero-order valence-corrected chi connectivity index (χ0v) is 13.3. The molecule has 1 aromatic heterocycles. The second-order valence-corrected chi connectivity index (χ2v) is 5.54. The van der Waals surface area contributed by atoms with Gasteiger partial charge < -0.3 is 10.6 Å². The maximum absolute atomic E-state index is 12.1. The molecule has 1 saturated heterocycles. The summed E-state index contributed by atoms with van der Waals surface area (Å²) in [6.45, 7) is 4.48. The molecular formula is C16H21ClN4O. The maximum Gasteiger partial charge on any atom is 0.223 e.